The van der Waals surface area contributed by atoms with Gasteiger partial charge in [0.1, 0.15) is 0 Å². The maximum atomic E-state index is 2.49. The summed E-state index contributed by atoms with van der Waals surface area (Å²) in [5.41, 5.74) is 16.3. The summed E-state index contributed by atoms with van der Waals surface area (Å²) in [6, 6.07) is 93.3. The van der Waals surface area contributed by atoms with Crippen molar-refractivity contribution in [2.45, 2.75) is 0 Å². The molecule has 3 heteroatoms. The predicted octanol–water partition coefficient (Wildman–Crippen LogP) is 18.4. The van der Waals surface area contributed by atoms with Crippen LogP contribution in [0.25, 0.3) is 103 Å². The molecule has 2 nitrogen and oxygen atoms in total. The Bertz CT molecular complexity index is 3970. The molecule has 0 saturated heterocycles. The number of anilines is 3. The molecule has 0 aliphatic rings. The number of hydrogen-bond donors (Lipinski definition) is 0. The van der Waals surface area contributed by atoms with Crippen LogP contribution in [-0.2, 0) is 0 Å². The lowest BCUT2D eigenvalue weighted by molar-refractivity contribution is 1.18. The van der Waals surface area contributed by atoms with Crippen molar-refractivity contribution in [3.63, 3.8) is 0 Å². The highest BCUT2D eigenvalue weighted by Gasteiger charge is 2.25. The molecule has 0 aliphatic carbocycles. The van der Waals surface area contributed by atoms with Crippen LogP contribution in [0.15, 0.2) is 255 Å². The van der Waals surface area contributed by atoms with Crippen molar-refractivity contribution in [1.82, 2.24) is 4.57 Å². The topological polar surface area (TPSA) is 8.17 Å². The van der Waals surface area contributed by atoms with Gasteiger partial charge in [0, 0.05) is 59.0 Å². The molecular weight excluding hydrogens is 829 g/mol. The van der Waals surface area contributed by atoms with Gasteiger partial charge in [-0.2, -0.15) is 0 Å². The number of rotatable bonds is 8. The molecule has 2 aromatic heterocycles. The monoisotopic (exact) mass is 870 g/mol. The normalized spacial score (nSPS) is 11.6. The first-order valence-corrected chi connectivity index (χ1v) is 23.7. The Balaban J connectivity index is 1.07. The molecule has 314 valence electrons. The van der Waals surface area contributed by atoms with Gasteiger partial charge in [-0.1, -0.05) is 206 Å². The molecule has 2 heterocycles. The minimum atomic E-state index is 1.08. The Morgan fingerprint density at radius 1 is 0.328 bits per heavy atom. The van der Waals surface area contributed by atoms with Gasteiger partial charge in [-0.3, -0.25) is 0 Å². The molecule has 0 bridgehead atoms. The average molecular weight is 871 g/mol. The van der Waals surface area contributed by atoms with Crippen molar-refractivity contribution in [3.8, 4) is 50.2 Å². The third-order valence-corrected chi connectivity index (χ3v) is 14.6. The van der Waals surface area contributed by atoms with Crippen LogP contribution in [0.1, 0.15) is 0 Å². The lowest BCUT2D eigenvalue weighted by Gasteiger charge is -2.30. The minimum absolute atomic E-state index is 1.08. The van der Waals surface area contributed by atoms with Crippen LogP contribution in [0.2, 0.25) is 0 Å². The average Bonchev–Trinajstić information content (AvgIpc) is 3.96. The van der Waals surface area contributed by atoms with Gasteiger partial charge < -0.3 is 9.47 Å². The van der Waals surface area contributed by atoms with E-state index in [0.29, 0.717) is 0 Å². The van der Waals surface area contributed by atoms with Crippen LogP contribution in [0.4, 0.5) is 17.1 Å². The lowest BCUT2D eigenvalue weighted by Crippen LogP contribution is -2.12. The Morgan fingerprint density at radius 3 is 1.61 bits per heavy atom. The van der Waals surface area contributed by atoms with Gasteiger partial charge in [0.2, 0.25) is 0 Å². The van der Waals surface area contributed by atoms with Gasteiger partial charge in [0.25, 0.3) is 0 Å². The zero-order valence-electron chi connectivity index (χ0n) is 36.6. The minimum Gasteiger partial charge on any atom is -0.309 e. The Kier molecular flexibility index (Phi) is 9.40. The fraction of sp³-hybridized carbons (Fsp3) is 0. The third kappa shape index (κ3) is 6.47. The summed E-state index contributed by atoms with van der Waals surface area (Å²) in [4.78, 5) is 2.49. The third-order valence-electron chi connectivity index (χ3n) is 13.4. The maximum absolute atomic E-state index is 2.49. The van der Waals surface area contributed by atoms with Crippen LogP contribution < -0.4 is 4.90 Å². The summed E-state index contributed by atoms with van der Waals surface area (Å²) < 4.78 is 5.07. The molecule has 13 rings (SSSR count). The molecule has 0 unspecified atom stereocenters. The smallest absolute Gasteiger partial charge is 0.0620 e. The highest BCUT2D eigenvalue weighted by molar-refractivity contribution is 7.26. The van der Waals surface area contributed by atoms with Crippen molar-refractivity contribution in [2.75, 3.05) is 4.90 Å². The molecule has 13 aromatic rings. The highest BCUT2D eigenvalue weighted by atomic mass is 32.1. The Hall–Kier alpha value is -8.50. The Labute approximate surface area is 393 Å². The fourth-order valence-corrected chi connectivity index (χ4v) is 11.7. The van der Waals surface area contributed by atoms with Crippen LogP contribution in [0.5, 0.6) is 0 Å². The number of benzene rings is 11. The van der Waals surface area contributed by atoms with E-state index in [9.17, 15) is 0 Å². The van der Waals surface area contributed by atoms with E-state index in [2.05, 4.69) is 264 Å². The van der Waals surface area contributed by atoms with Crippen molar-refractivity contribution in [1.29, 1.82) is 0 Å². The van der Waals surface area contributed by atoms with Crippen molar-refractivity contribution < 1.29 is 0 Å². The number of hydrogen-bond acceptors (Lipinski definition) is 2. The first-order chi connectivity index (χ1) is 33.3. The maximum Gasteiger partial charge on any atom is 0.0620 e. The van der Waals surface area contributed by atoms with Gasteiger partial charge in [-0.15, -0.1) is 11.3 Å². The summed E-state index contributed by atoms with van der Waals surface area (Å²) in [5, 5.41) is 7.52. The number of para-hydroxylation sites is 5. The molecule has 0 atom stereocenters. The van der Waals surface area contributed by atoms with Crippen LogP contribution in [0, 0.1) is 0 Å². The summed E-state index contributed by atoms with van der Waals surface area (Å²) in [6.45, 7) is 0. The molecular formula is C64H42N2S. The number of aromatic nitrogens is 1. The van der Waals surface area contributed by atoms with Crippen LogP contribution in [0.3, 0.4) is 0 Å². The first-order valence-electron chi connectivity index (χ1n) is 22.9. The summed E-state index contributed by atoms with van der Waals surface area (Å²) in [7, 11) is 0. The molecule has 0 fully saturated rings. The second kappa shape index (κ2) is 16.2. The van der Waals surface area contributed by atoms with E-state index in [4.69, 9.17) is 0 Å². The van der Waals surface area contributed by atoms with Gasteiger partial charge in [0.05, 0.1) is 22.4 Å². The molecule has 0 radical (unpaired) electrons. The zero-order chi connectivity index (χ0) is 44.3. The number of thiophene rings is 1. The van der Waals surface area contributed by atoms with Gasteiger partial charge in [-0.05, 0) is 87.1 Å². The van der Waals surface area contributed by atoms with E-state index in [-0.39, 0.29) is 0 Å². The molecule has 67 heavy (non-hydrogen) atoms. The SMILES string of the molecule is c1ccc(-c2cccc3cccc(-c4ccccc4N(c4ccc(-c5cccc6c5sc5ccccc56)cc4)c4ccccc4-c4cccc5c6ccccc6n(-c6ccccc6)c45)c23)cc1. The molecule has 0 amide bonds. The zero-order valence-corrected chi connectivity index (χ0v) is 37.4. The highest BCUT2D eigenvalue weighted by Crippen LogP contribution is 2.49. The van der Waals surface area contributed by atoms with Crippen LogP contribution >= 0.6 is 11.3 Å². The van der Waals surface area contributed by atoms with Crippen molar-refractivity contribution in [3.05, 3.63) is 255 Å². The van der Waals surface area contributed by atoms with Crippen molar-refractivity contribution in [2.24, 2.45) is 0 Å². The van der Waals surface area contributed by atoms with E-state index in [1.54, 1.807) is 0 Å². The van der Waals surface area contributed by atoms with Gasteiger partial charge in [-0.25, -0.2) is 0 Å². The fourth-order valence-electron chi connectivity index (χ4n) is 10.5. The van der Waals surface area contributed by atoms with E-state index in [1.807, 2.05) is 11.3 Å². The first kappa shape index (κ1) is 38.9. The van der Waals surface area contributed by atoms with E-state index in [0.717, 1.165) is 33.9 Å². The van der Waals surface area contributed by atoms with Crippen molar-refractivity contribution >= 4 is 81.1 Å². The van der Waals surface area contributed by atoms with Gasteiger partial charge >= 0.3 is 0 Å². The van der Waals surface area contributed by atoms with Crippen LogP contribution in [-0.4, -0.2) is 4.57 Å². The van der Waals surface area contributed by atoms with Gasteiger partial charge in [0.15, 0.2) is 0 Å². The number of fused-ring (bicyclic) bond motifs is 7. The second-order valence-corrected chi connectivity index (χ2v) is 18.2. The Morgan fingerprint density at radius 2 is 0.851 bits per heavy atom. The van der Waals surface area contributed by atoms with E-state index in [1.165, 1.54) is 86.1 Å². The van der Waals surface area contributed by atoms with E-state index >= 15 is 0 Å². The lowest BCUT2D eigenvalue weighted by atomic mass is 9.90. The quantitative estimate of drug-likeness (QED) is 0.148. The largest absolute Gasteiger partial charge is 0.309 e. The number of nitrogens with zero attached hydrogens (tertiary/aromatic N) is 2. The van der Waals surface area contributed by atoms with E-state index < -0.39 is 0 Å². The summed E-state index contributed by atoms with van der Waals surface area (Å²) in [5.74, 6) is 0. The summed E-state index contributed by atoms with van der Waals surface area (Å²) >= 11 is 1.88. The molecule has 11 aromatic carbocycles. The standard InChI is InChI=1S/C64H42N2S/c1-3-19-43(20-4-1)48-29-15-21-45-22-16-31-54(62(45)48)50-25-7-11-35-58(50)65(47-41-39-44(40-42-47)49-30-17-34-57-53-28-10-14-38-61(53)67-64(49)57)59-36-12-8-26-51(59)55-32-18-33-56-52-27-9-13-37-60(52)66(63(55)56)46-23-5-2-6-24-46/h1-42H. The molecule has 0 spiro atoms. The summed E-state index contributed by atoms with van der Waals surface area (Å²) in [6.07, 6.45) is 0. The predicted molar refractivity (Wildman–Crippen MR) is 288 cm³/mol. The second-order valence-electron chi connectivity index (χ2n) is 17.2. The molecule has 0 saturated carbocycles. The molecule has 0 aliphatic heterocycles. The molecule has 0 N–H and O–H groups in total.